The summed E-state index contributed by atoms with van der Waals surface area (Å²) in [5.74, 6) is -0.766. The minimum atomic E-state index is -1.20. The normalized spacial score (nSPS) is 12.2. The van der Waals surface area contributed by atoms with E-state index >= 15 is 0 Å². The van der Waals surface area contributed by atoms with Gasteiger partial charge in [-0.3, -0.25) is 5.32 Å². The first kappa shape index (κ1) is 16.3. The smallest absolute Gasteiger partial charge is 0.326 e. The number of rotatable bonds is 7. The molecule has 0 aromatic carbocycles. The molecule has 0 saturated carbocycles. The van der Waals surface area contributed by atoms with Crippen molar-refractivity contribution in [3.05, 3.63) is 5.01 Å². The molecular weight excluding hydrogens is 284 g/mol. The van der Waals surface area contributed by atoms with E-state index in [2.05, 4.69) is 20.8 Å². The summed E-state index contributed by atoms with van der Waals surface area (Å²) in [6.07, 6.45) is 0.709. The molecule has 0 aliphatic rings. The largest absolute Gasteiger partial charge is 0.480 e. The number of nitrogens with one attached hydrogen (secondary N) is 2. The van der Waals surface area contributed by atoms with Crippen LogP contribution in [-0.2, 0) is 11.2 Å². The summed E-state index contributed by atoms with van der Waals surface area (Å²) in [5.41, 5.74) is 0. The Bertz CT molecular complexity index is 463. The number of anilines is 1. The van der Waals surface area contributed by atoms with Crippen LogP contribution in [0.5, 0.6) is 0 Å². The molecule has 0 spiro atoms. The van der Waals surface area contributed by atoms with Crippen molar-refractivity contribution in [1.29, 1.82) is 0 Å². The van der Waals surface area contributed by atoms with Gasteiger partial charge < -0.3 is 15.5 Å². The van der Waals surface area contributed by atoms with E-state index in [-0.39, 0.29) is 13.0 Å². The minimum Gasteiger partial charge on any atom is -0.480 e. The van der Waals surface area contributed by atoms with E-state index in [4.69, 9.17) is 10.2 Å². The molecule has 9 heteroatoms. The molecule has 1 atom stereocenters. The fourth-order valence-corrected chi connectivity index (χ4v) is 2.36. The molecule has 1 rings (SSSR count). The van der Waals surface area contributed by atoms with Crippen LogP contribution in [0, 0.1) is 5.92 Å². The SMILES string of the molecule is CC(C)Cc1nnc(NC(=O)NC(CCO)C(=O)O)s1. The van der Waals surface area contributed by atoms with Gasteiger partial charge in [-0.2, -0.15) is 0 Å². The number of carbonyl (C=O) groups is 2. The van der Waals surface area contributed by atoms with Gasteiger partial charge in [-0.15, -0.1) is 10.2 Å². The summed E-state index contributed by atoms with van der Waals surface area (Å²) in [4.78, 5) is 22.4. The molecule has 4 N–H and O–H groups in total. The Morgan fingerprint density at radius 2 is 2.05 bits per heavy atom. The Morgan fingerprint density at radius 1 is 1.35 bits per heavy atom. The maximum atomic E-state index is 11.6. The highest BCUT2D eigenvalue weighted by Gasteiger charge is 2.19. The van der Waals surface area contributed by atoms with Crippen molar-refractivity contribution in [3.8, 4) is 0 Å². The first-order chi connectivity index (χ1) is 9.42. The maximum Gasteiger partial charge on any atom is 0.326 e. The molecular formula is C11H18N4O4S. The molecule has 0 aliphatic carbocycles. The second-order valence-corrected chi connectivity index (χ2v) is 5.66. The van der Waals surface area contributed by atoms with Crippen LogP contribution in [0.2, 0.25) is 0 Å². The first-order valence-electron chi connectivity index (χ1n) is 6.16. The van der Waals surface area contributed by atoms with Gasteiger partial charge in [0.2, 0.25) is 5.13 Å². The third-order valence-electron chi connectivity index (χ3n) is 2.29. The molecule has 0 bridgehead atoms. The molecule has 0 saturated heterocycles. The zero-order valence-corrected chi connectivity index (χ0v) is 12.1. The average molecular weight is 302 g/mol. The van der Waals surface area contributed by atoms with Crippen molar-refractivity contribution in [2.45, 2.75) is 32.7 Å². The molecule has 0 fully saturated rings. The van der Waals surface area contributed by atoms with Crippen molar-refractivity contribution < 1.29 is 19.8 Å². The molecule has 2 amide bonds. The zero-order valence-electron chi connectivity index (χ0n) is 11.3. The molecule has 1 aromatic rings. The van der Waals surface area contributed by atoms with Gasteiger partial charge in [0.1, 0.15) is 11.0 Å². The Labute approximate surface area is 120 Å². The molecule has 8 nitrogen and oxygen atoms in total. The second-order valence-electron chi connectivity index (χ2n) is 4.60. The third kappa shape index (κ3) is 5.49. The van der Waals surface area contributed by atoms with E-state index < -0.39 is 18.0 Å². The van der Waals surface area contributed by atoms with Crippen LogP contribution >= 0.6 is 11.3 Å². The van der Waals surface area contributed by atoms with Crippen molar-refractivity contribution in [2.24, 2.45) is 5.92 Å². The highest BCUT2D eigenvalue weighted by atomic mass is 32.1. The van der Waals surface area contributed by atoms with Gasteiger partial charge in [0.05, 0.1) is 0 Å². The first-order valence-corrected chi connectivity index (χ1v) is 6.97. The Hall–Kier alpha value is -1.74. The number of urea groups is 1. The van der Waals surface area contributed by atoms with Crippen LogP contribution in [0.3, 0.4) is 0 Å². The topological polar surface area (TPSA) is 124 Å². The standard InChI is InChI=1S/C11H18N4O4S/c1-6(2)5-8-14-15-11(20-8)13-10(19)12-7(3-4-16)9(17)18/h6-7,16H,3-5H2,1-2H3,(H,17,18)(H2,12,13,15,19). The van der Waals surface area contributed by atoms with E-state index in [0.29, 0.717) is 11.0 Å². The Kier molecular flexibility index (Phi) is 6.32. The van der Waals surface area contributed by atoms with Gasteiger partial charge in [0.15, 0.2) is 0 Å². The van der Waals surface area contributed by atoms with Crippen LogP contribution in [0.4, 0.5) is 9.93 Å². The number of hydrogen-bond acceptors (Lipinski definition) is 6. The summed E-state index contributed by atoms with van der Waals surface area (Å²) in [5, 5.41) is 31.1. The maximum absolute atomic E-state index is 11.6. The van der Waals surface area contributed by atoms with Crippen molar-refractivity contribution >= 4 is 28.5 Å². The lowest BCUT2D eigenvalue weighted by Gasteiger charge is -2.12. The van der Waals surface area contributed by atoms with Crippen molar-refractivity contribution in [1.82, 2.24) is 15.5 Å². The van der Waals surface area contributed by atoms with Crippen LogP contribution in [0.25, 0.3) is 0 Å². The van der Waals surface area contributed by atoms with E-state index in [9.17, 15) is 9.59 Å². The van der Waals surface area contributed by atoms with Crippen molar-refractivity contribution in [3.63, 3.8) is 0 Å². The molecule has 112 valence electrons. The predicted molar refractivity (Wildman–Crippen MR) is 73.7 cm³/mol. The number of aliphatic hydroxyl groups is 1. The lowest BCUT2D eigenvalue weighted by Crippen LogP contribution is -2.43. The average Bonchev–Trinajstić information content (AvgIpc) is 2.74. The second kappa shape index (κ2) is 7.75. The molecule has 1 heterocycles. The number of aromatic nitrogens is 2. The number of aliphatic carboxylic acids is 1. The van der Waals surface area contributed by atoms with E-state index in [1.54, 1.807) is 0 Å². The van der Waals surface area contributed by atoms with Gasteiger partial charge in [0, 0.05) is 19.4 Å². The van der Waals surface area contributed by atoms with Crippen molar-refractivity contribution in [2.75, 3.05) is 11.9 Å². The van der Waals surface area contributed by atoms with Crippen LogP contribution in [-0.4, -0.2) is 45.1 Å². The number of hydrogen-bond donors (Lipinski definition) is 4. The molecule has 1 aromatic heterocycles. The van der Waals surface area contributed by atoms with E-state index in [1.807, 2.05) is 13.8 Å². The number of carboxylic acids is 1. The quantitative estimate of drug-likeness (QED) is 0.587. The lowest BCUT2D eigenvalue weighted by atomic mass is 10.1. The fourth-order valence-electron chi connectivity index (χ4n) is 1.41. The lowest BCUT2D eigenvalue weighted by molar-refractivity contribution is -0.139. The summed E-state index contributed by atoms with van der Waals surface area (Å²) in [6, 6.07) is -1.82. The number of nitrogens with zero attached hydrogens (tertiary/aromatic N) is 2. The minimum absolute atomic E-state index is 0.0581. The van der Waals surface area contributed by atoms with Gasteiger partial charge in [0.25, 0.3) is 0 Å². The fraction of sp³-hybridized carbons (Fsp3) is 0.636. The highest BCUT2D eigenvalue weighted by molar-refractivity contribution is 7.15. The number of aliphatic hydroxyl groups excluding tert-OH is 1. The van der Waals surface area contributed by atoms with Gasteiger partial charge >= 0.3 is 12.0 Å². The number of amides is 2. The van der Waals surface area contributed by atoms with Crippen LogP contribution in [0.15, 0.2) is 0 Å². The summed E-state index contributed by atoms with van der Waals surface area (Å²) < 4.78 is 0. The molecule has 20 heavy (non-hydrogen) atoms. The predicted octanol–water partition coefficient (Wildman–Crippen LogP) is 0.694. The van der Waals surface area contributed by atoms with Crippen LogP contribution < -0.4 is 10.6 Å². The number of carbonyl (C=O) groups excluding carboxylic acids is 1. The zero-order chi connectivity index (χ0) is 15.1. The Balaban J connectivity index is 2.52. The van der Waals surface area contributed by atoms with Gasteiger partial charge in [-0.25, -0.2) is 9.59 Å². The molecule has 0 radical (unpaired) electrons. The molecule has 1 unspecified atom stereocenters. The summed E-state index contributed by atoms with van der Waals surface area (Å²) in [7, 11) is 0. The summed E-state index contributed by atoms with van der Waals surface area (Å²) in [6.45, 7) is 3.77. The van der Waals surface area contributed by atoms with Gasteiger partial charge in [-0.1, -0.05) is 25.2 Å². The van der Waals surface area contributed by atoms with E-state index in [0.717, 1.165) is 11.4 Å². The Morgan fingerprint density at radius 3 is 2.60 bits per heavy atom. The summed E-state index contributed by atoms with van der Waals surface area (Å²) >= 11 is 1.25. The number of carboxylic acid groups (broad SMARTS) is 1. The molecule has 0 aliphatic heterocycles. The third-order valence-corrected chi connectivity index (χ3v) is 3.15. The monoisotopic (exact) mass is 302 g/mol. The van der Waals surface area contributed by atoms with Crippen LogP contribution in [0.1, 0.15) is 25.3 Å². The van der Waals surface area contributed by atoms with Gasteiger partial charge in [-0.05, 0) is 5.92 Å². The van der Waals surface area contributed by atoms with E-state index in [1.165, 1.54) is 11.3 Å². The highest BCUT2D eigenvalue weighted by Crippen LogP contribution is 2.18.